The molecule has 1 saturated carbocycles. The molecule has 0 bridgehead atoms. The normalized spacial score (nSPS) is 21.2. The van der Waals surface area contributed by atoms with Crippen molar-refractivity contribution in [1.29, 1.82) is 0 Å². The first-order chi connectivity index (χ1) is 7.66. The van der Waals surface area contributed by atoms with Gasteiger partial charge in [0, 0.05) is 6.54 Å². The molecule has 1 atom stereocenters. The standard InChI is InChI=1S/C14H30N2/c1-13(7-10-15)6-5-11-16-12-14(2)8-3-4-9-14/h13,16H,3-12,15H2,1-2H3. The third-order valence-corrected chi connectivity index (χ3v) is 4.07. The van der Waals surface area contributed by atoms with E-state index in [1.54, 1.807) is 0 Å². The Bertz CT molecular complexity index is 174. The van der Waals surface area contributed by atoms with Crippen molar-refractivity contribution in [3.8, 4) is 0 Å². The highest BCUT2D eigenvalue weighted by Crippen LogP contribution is 2.36. The average molecular weight is 226 g/mol. The molecule has 0 aromatic heterocycles. The van der Waals surface area contributed by atoms with Gasteiger partial charge in [0.15, 0.2) is 0 Å². The summed E-state index contributed by atoms with van der Waals surface area (Å²) in [6.45, 7) is 7.99. The molecule has 0 radical (unpaired) electrons. The quantitative estimate of drug-likeness (QED) is 0.625. The first-order valence-corrected chi connectivity index (χ1v) is 7.07. The van der Waals surface area contributed by atoms with E-state index in [0.717, 1.165) is 12.5 Å². The van der Waals surface area contributed by atoms with Gasteiger partial charge in [0.1, 0.15) is 0 Å². The molecular weight excluding hydrogens is 196 g/mol. The molecule has 0 aromatic carbocycles. The van der Waals surface area contributed by atoms with Crippen LogP contribution in [-0.4, -0.2) is 19.6 Å². The van der Waals surface area contributed by atoms with Crippen molar-refractivity contribution in [3.05, 3.63) is 0 Å². The largest absolute Gasteiger partial charge is 0.330 e. The lowest BCUT2D eigenvalue weighted by Gasteiger charge is -2.24. The third-order valence-electron chi connectivity index (χ3n) is 4.07. The second-order valence-electron chi connectivity index (χ2n) is 6.02. The maximum absolute atomic E-state index is 5.54. The molecule has 16 heavy (non-hydrogen) atoms. The van der Waals surface area contributed by atoms with E-state index in [4.69, 9.17) is 5.73 Å². The van der Waals surface area contributed by atoms with Crippen LogP contribution in [0.25, 0.3) is 0 Å². The molecule has 1 aliphatic rings. The first kappa shape index (κ1) is 14.0. The third kappa shape index (κ3) is 5.31. The summed E-state index contributed by atoms with van der Waals surface area (Å²) in [7, 11) is 0. The fourth-order valence-corrected chi connectivity index (χ4v) is 2.80. The van der Waals surface area contributed by atoms with Gasteiger partial charge in [-0.2, -0.15) is 0 Å². The van der Waals surface area contributed by atoms with Gasteiger partial charge in [0.2, 0.25) is 0 Å². The van der Waals surface area contributed by atoms with Gasteiger partial charge in [0.25, 0.3) is 0 Å². The molecule has 0 saturated heterocycles. The smallest absolute Gasteiger partial charge is 0.000516 e. The summed E-state index contributed by atoms with van der Waals surface area (Å²) in [5.74, 6) is 0.800. The Morgan fingerprint density at radius 1 is 1.25 bits per heavy atom. The van der Waals surface area contributed by atoms with Crippen LogP contribution in [0.5, 0.6) is 0 Å². The number of nitrogens with two attached hydrogens (primary N) is 1. The van der Waals surface area contributed by atoms with Gasteiger partial charge in [-0.3, -0.25) is 0 Å². The highest BCUT2D eigenvalue weighted by atomic mass is 14.9. The van der Waals surface area contributed by atoms with Crippen molar-refractivity contribution in [1.82, 2.24) is 5.32 Å². The Morgan fingerprint density at radius 2 is 1.94 bits per heavy atom. The van der Waals surface area contributed by atoms with E-state index in [1.807, 2.05) is 0 Å². The Balaban J connectivity index is 1.95. The molecule has 0 amide bonds. The van der Waals surface area contributed by atoms with E-state index in [2.05, 4.69) is 19.2 Å². The zero-order valence-electron chi connectivity index (χ0n) is 11.2. The second-order valence-corrected chi connectivity index (χ2v) is 6.02. The predicted molar refractivity (Wildman–Crippen MR) is 71.5 cm³/mol. The van der Waals surface area contributed by atoms with E-state index < -0.39 is 0 Å². The fourth-order valence-electron chi connectivity index (χ4n) is 2.80. The molecule has 1 aliphatic carbocycles. The molecule has 0 spiro atoms. The lowest BCUT2D eigenvalue weighted by Crippen LogP contribution is -2.30. The van der Waals surface area contributed by atoms with Crippen LogP contribution in [-0.2, 0) is 0 Å². The Hall–Kier alpha value is -0.0800. The van der Waals surface area contributed by atoms with Gasteiger partial charge >= 0.3 is 0 Å². The lowest BCUT2D eigenvalue weighted by molar-refractivity contribution is 0.312. The summed E-state index contributed by atoms with van der Waals surface area (Å²) in [5.41, 5.74) is 6.14. The van der Waals surface area contributed by atoms with Gasteiger partial charge < -0.3 is 11.1 Å². The molecular formula is C14H30N2. The second kappa shape index (κ2) is 7.29. The van der Waals surface area contributed by atoms with Crippen molar-refractivity contribution >= 4 is 0 Å². The van der Waals surface area contributed by atoms with Crippen molar-refractivity contribution in [2.75, 3.05) is 19.6 Å². The van der Waals surface area contributed by atoms with Gasteiger partial charge in [-0.25, -0.2) is 0 Å². The van der Waals surface area contributed by atoms with Crippen LogP contribution < -0.4 is 11.1 Å². The minimum atomic E-state index is 0.600. The zero-order chi connectivity index (χ0) is 11.9. The minimum absolute atomic E-state index is 0.600. The molecule has 1 rings (SSSR count). The topological polar surface area (TPSA) is 38.0 Å². The number of hydrogen-bond donors (Lipinski definition) is 2. The van der Waals surface area contributed by atoms with Crippen LogP contribution in [0.15, 0.2) is 0 Å². The molecule has 2 heteroatoms. The van der Waals surface area contributed by atoms with Crippen molar-refractivity contribution in [2.45, 2.75) is 58.8 Å². The van der Waals surface area contributed by atoms with Crippen LogP contribution in [0.2, 0.25) is 0 Å². The average Bonchev–Trinajstić information content (AvgIpc) is 2.65. The lowest BCUT2D eigenvalue weighted by atomic mass is 9.89. The monoisotopic (exact) mass is 226 g/mol. The van der Waals surface area contributed by atoms with Gasteiger partial charge in [-0.05, 0) is 56.5 Å². The molecule has 1 fully saturated rings. The van der Waals surface area contributed by atoms with Gasteiger partial charge in [-0.1, -0.05) is 26.7 Å². The summed E-state index contributed by atoms with van der Waals surface area (Å²) >= 11 is 0. The SMILES string of the molecule is CC(CCN)CCCNCC1(C)CCCC1. The van der Waals surface area contributed by atoms with Crippen molar-refractivity contribution in [3.63, 3.8) is 0 Å². The summed E-state index contributed by atoms with van der Waals surface area (Å²) in [6.07, 6.45) is 9.51. The summed E-state index contributed by atoms with van der Waals surface area (Å²) in [6, 6.07) is 0. The molecule has 96 valence electrons. The van der Waals surface area contributed by atoms with Crippen LogP contribution in [0.1, 0.15) is 58.8 Å². The van der Waals surface area contributed by atoms with E-state index in [1.165, 1.54) is 58.0 Å². The van der Waals surface area contributed by atoms with Crippen LogP contribution in [0.4, 0.5) is 0 Å². The van der Waals surface area contributed by atoms with E-state index in [0.29, 0.717) is 5.41 Å². The molecule has 0 aliphatic heterocycles. The van der Waals surface area contributed by atoms with E-state index >= 15 is 0 Å². The first-order valence-electron chi connectivity index (χ1n) is 7.07. The number of hydrogen-bond acceptors (Lipinski definition) is 2. The molecule has 2 nitrogen and oxygen atoms in total. The maximum Gasteiger partial charge on any atom is 0.000516 e. The summed E-state index contributed by atoms with van der Waals surface area (Å²) in [5, 5.41) is 3.63. The van der Waals surface area contributed by atoms with Crippen LogP contribution >= 0.6 is 0 Å². The summed E-state index contributed by atoms with van der Waals surface area (Å²) in [4.78, 5) is 0. The Kier molecular flexibility index (Phi) is 6.37. The van der Waals surface area contributed by atoms with Crippen molar-refractivity contribution in [2.24, 2.45) is 17.1 Å². The highest BCUT2D eigenvalue weighted by Gasteiger charge is 2.27. The van der Waals surface area contributed by atoms with Gasteiger partial charge in [0.05, 0.1) is 0 Å². The fraction of sp³-hybridized carbons (Fsp3) is 1.00. The Labute approximate surface area is 101 Å². The zero-order valence-corrected chi connectivity index (χ0v) is 11.2. The number of nitrogens with one attached hydrogen (secondary N) is 1. The molecule has 0 heterocycles. The Morgan fingerprint density at radius 3 is 2.56 bits per heavy atom. The van der Waals surface area contributed by atoms with Crippen LogP contribution in [0.3, 0.4) is 0 Å². The minimum Gasteiger partial charge on any atom is -0.330 e. The van der Waals surface area contributed by atoms with Crippen molar-refractivity contribution < 1.29 is 0 Å². The maximum atomic E-state index is 5.54. The summed E-state index contributed by atoms with van der Waals surface area (Å²) < 4.78 is 0. The molecule has 0 aromatic rings. The highest BCUT2D eigenvalue weighted by molar-refractivity contribution is 4.82. The van der Waals surface area contributed by atoms with E-state index in [-0.39, 0.29) is 0 Å². The molecule has 3 N–H and O–H groups in total. The van der Waals surface area contributed by atoms with Gasteiger partial charge in [-0.15, -0.1) is 0 Å². The van der Waals surface area contributed by atoms with E-state index in [9.17, 15) is 0 Å². The number of rotatable bonds is 8. The predicted octanol–water partition coefficient (Wildman–Crippen LogP) is 2.92. The van der Waals surface area contributed by atoms with Crippen LogP contribution in [0, 0.1) is 11.3 Å². The molecule has 1 unspecified atom stereocenters.